The lowest BCUT2D eigenvalue weighted by Gasteiger charge is -2.20. The average molecular weight is 208 g/mol. The average Bonchev–Trinajstić information content (AvgIpc) is 2.67. The fraction of sp³-hybridized carbons (Fsp3) is 0.583. The molecule has 1 aliphatic rings. The summed E-state index contributed by atoms with van der Waals surface area (Å²) in [6, 6.07) is 2.25. The Labute approximate surface area is 89.9 Å². The van der Waals surface area contributed by atoms with Crippen LogP contribution in [0.2, 0.25) is 0 Å². The van der Waals surface area contributed by atoms with E-state index in [0.29, 0.717) is 12.0 Å². The van der Waals surface area contributed by atoms with Gasteiger partial charge in [0.05, 0.1) is 6.20 Å². The summed E-state index contributed by atoms with van der Waals surface area (Å²) in [6.07, 6.45) is 6.42. The Kier molecular flexibility index (Phi) is 3.31. The van der Waals surface area contributed by atoms with Gasteiger partial charge in [0.25, 0.3) is 0 Å². The number of aromatic nitrogens is 1. The first-order valence-corrected chi connectivity index (χ1v) is 5.65. The molecule has 0 aromatic carbocycles. The third kappa shape index (κ3) is 2.17. The molecule has 2 nitrogen and oxygen atoms in total. The second-order valence-corrected chi connectivity index (χ2v) is 4.10. The van der Waals surface area contributed by atoms with Crippen LogP contribution in [0.15, 0.2) is 18.5 Å². The summed E-state index contributed by atoms with van der Waals surface area (Å²) in [6.45, 7) is 3.05. The van der Waals surface area contributed by atoms with Crippen LogP contribution in [0.5, 0.6) is 0 Å². The topological polar surface area (TPSA) is 24.9 Å². The lowest BCUT2D eigenvalue weighted by molar-refractivity contribution is 0.473. The number of pyridine rings is 1. The van der Waals surface area contributed by atoms with Gasteiger partial charge in [-0.2, -0.15) is 0 Å². The minimum Gasteiger partial charge on any atom is -0.314 e. The molecule has 1 heterocycles. The van der Waals surface area contributed by atoms with Crippen LogP contribution in [0, 0.1) is 5.82 Å². The zero-order valence-electron chi connectivity index (χ0n) is 9.04. The van der Waals surface area contributed by atoms with Gasteiger partial charge >= 0.3 is 0 Å². The molecule has 3 heteroatoms. The zero-order valence-corrected chi connectivity index (χ0v) is 9.04. The third-order valence-corrected chi connectivity index (χ3v) is 3.19. The molecule has 2 atom stereocenters. The predicted molar refractivity (Wildman–Crippen MR) is 58.3 cm³/mol. The van der Waals surface area contributed by atoms with Crippen molar-refractivity contribution in [2.45, 2.75) is 38.1 Å². The molecule has 0 aliphatic heterocycles. The Balaban J connectivity index is 2.19. The van der Waals surface area contributed by atoms with Gasteiger partial charge in [0.2, 0.25) is 0 Å². The number of hydrogen-bond acceptors (Lipinski definition) is 2. The van der Waals surface area contributed by atoms with Crippen molar-refractivity contribution in [1.29, 1.82) is 0 Å². The van der Waals surface area contributed by atoms with Gasteiger partial charge in [-0.25, -0.2) is 4.39 Å². The Morgan fingerprint density at radius 1 is 1.53 bits per heavy atom. The summed E-state index contributed by atoms with van der Waals surface area (Å²) in [4.78, 5) is 3.79. The fourth-order valence-electron chi connectivity index (χ4n) is 2.53. The first-order chi connectivity index (χ1) is 7.33. The molecule has 0 bridgehead atoms. The lowest BCUT2D eigenvalue weighted by Crippen LogP contribution is -2.31. The van der Waals surface area contributed by atoms with Crippen LogP contribution in [0.4, 0.5) is 4.39 Å². The molecule has 1 aromatic rings. The van der Waals surface area contributed by atoms with Gasteiger partial charge in [0, 0.05) is 18.2 Å². The SMILES string of the molecule is CCNC1CCCC1c1ccncc1F. The summed E-state index contributed by atoms with van der Waals surface area (Å²) < 4.78 is 13.6. The van der Waals surface area contributed by atoms with Gasteiger partial charge in [-0.1, -0.05) is 13.3 Å². The maximum atomic E-state index is 13.6. The number of likely N-dealkylation sites (N-methyl/N-ethyl adjacent to an activating group) is 1. The molecule has 1 fully saturated rings. The lowest BCUT2D eigenvalue weighted by atomic mass is 9.94. The highest BCUT2D eigenvalue weighted by atomic mass is 19.1. The maximum absolute atomic E-state index is 13.6. The van der Waals surface area contributed by atoms with E-state index in [-0.39, 0.29) is 5.82 Å². The van der Waals surface area contributed by atoms with E-state index >= 15 is 0 Å². The largest absolute Gasteiger partial charge is 0.314 e. The van der Waals surface area contributed by atoms with Crippen LogP contribution < -0.4 is 5.32 Å². The van der Waals surface area contributed by atoms with Gasteiger partial charge in [-0.05, 0) is 31.0 Å². The third-order valence-electron chi connectivity index (χ3n) is 3.19. The normalized spacial score (nSPS) is 25.7. The van der Waals surface area contributed by atoms with Gasteiger partial charge in [0.1, 0.15) is 5.82 Å². The first kappa shape index (κ1) is 10.6. The molecular formula is C12H17FN2. The van der Waals surface area contributed by atoms with E-state index in [4.69, 9.17) is 0 Å². The molecular weight excluding hydrogens is 191 g/mol. The number of hydrogen-bond donors (Lipinski definition) is 1. The molecule has 82 valence electrons. The van der Waals surface area contributed by atoms with Crippen molar-refractivity contribution < 1.29 is 4.39 Å². The molecule has 0 spiro atoms. The second kappa shape index (κ2) is 4.71. The molecule has 15 heavy (non-hydrogen) atoms. The van der Waals surface area contributed by atoms with Gasteiger partial charge in [-0.15, -0.1) is 0 Å². The van der Waals surface area contributed by atoms with Gasteiger partial charge < -0.3 is 5.32 Å². The summed E-state index contributed by atoms with van der Waals surface area (Å²) in [5, 5.41) is 3.43. The van der Waals surface area contributed by atoms with Crippen molar-refractivity contribution in [3.63, 3.8) is 0 Å². The van der Waals surface area contributed by atoms with E-state index in [1.807, 2.05) is 6.07 Å². The fourth-order valence-corrected chi connectivity index (χ4v) is 2.53. The summed E-state index contributed by atoms with van der Waals surface area (Å²) in [5.41, 5.74) is 0.827. The Bertz CT molecular complexity index is 327. The Morgan fingerprint density at radius 2 is 2.40 bits per heavy atom. The highest BCUT2D eigenvalue weighted by Gasteiger charge is 2.29. The summed E-state index contributed by atoms with van der Waals surface area (Å²) in [7, 11) is 0. The summed E-state index contributed by atoms with van der Waals surface area (Å²) >= 11 is 0. The molecule has 2 rings (SSSR count). The predicted octanol–water partition coefficient (Wildman–Crippen LogP) is 2.47. The Morgan fingerprint density at radius 3 is 3.13 bits per heavy atom. The van der Waals surface area contributed by atoms with Crippen molar-refractivity contribution in [2.75, 3.05) is 6.54 Å². The van der Waals surface area contributed by atoms with Crippen LogP contribution in [-0.2, 0) is 0 Å². The monoisotopic (exact) mass is 208 g/mol. The Hall–Kier alpha value is -0.960. The van der Waals surface area contributed by atoms with E-state index in [1.54, 1.807) is 6.20 Å². The molecule has 0 saturated heterocycles. The quantitative estimate of drug-likeness (QED) is 0.825. The van der Waals surface area contributed by atoms with Crippen LogP contribution in [0.1, 0.15) is 37.7 Å². The maximum Gasteiger partial charge on any atom is 0.145 e. The van der Waals surface area contributed by atoms with E-state index in [9.17, 15) is 4.39 Å². The van der Waals surface area contributed by atoms with Crippen LogP contribution >= 0.6 is 0 Å². The minimum absolute atomic E-state index is 0.160. The number of halogens is 1. The number of nitrogens with one attached hydrogen (secondary N) is 1. The van der Waals surface area contributed by atoms with Crippen LogP contribution in [-0.4, -0.2) is 17.6 Å². The molecule has 1 saturated carbocycles. The van der Waals surface area contributed by atoms with Crippen molar-refractivity contribution in [3.8, 4) is 0 Å². The van der Waals surface area contributed by atoms with Crippen LogP contribution in [0.3, 0.4) is 0 Å². The zero-order chi connectivity index (χ0) is 10.7. The highest BCUT2D eigenvalue weighted by molar-refractivity contribution is 5.21. The smallest absolute Gasteiger partial charge is 0.145 e. The van der Waals surface area contributed by atoms with Crippen molar-refractivity contribution in [3.05, 3.63) is 29.8 Å². The number of nitrogens with zero attached hydrogens (tertiary/aromatic N) is 1. The molecule has 1 aliphatic carbocycles. The molecule has 0 amide bonds. The van der Waals surface area contributed by atoms with Crippen molar-refractivity contribution >= 4 is 0 Å². The minimum atomic E-state index is -0.160. The summed E-state index contributed by atoms with van der Waals surface area (Å²) in [5.74, 6) is 0.167. The van der Waals surface area contributed by atoms with Crippen molar-refractivity contribution in [2.24, 2.45) is 0 Å². The molecule has 1 N–H and O–H groups in total. The van der Waals surface area contributed by atoms with E-state index in [1.165, 1.54) is 12.6 Å². The first-order valence-electron chi connectivity index (χ1n) is 5.65. The van der Waals surface area contributed by atoms with E-state index in [0.717, 1.165) is 24.9 Å². The standard InChI is InChI=1S/C12H17FN2/c1-2-15-12-5-3-4-10(12)9-6-7-14-8-11(9)13/h6-8,10,12,15H,2-5H2,1H3. The van der Waals surface area contributed by atoms with Crippen LogP contribution in [0.25, 0.3) is 0 Å². The molecule has 0 radical (unpaired) electrons. The van der Waals surface area contributed by atoms with E-state index < -0.39 is 0 Å². The van der Waals surface area contributed by atoms with Crippen molar-refractivity contribution in [1.82, 2.24) is 10.3 Å². The highest BCUT2D eigenvalue weighted by Crippen LogP contribution is 2.35. The van der Waals surface area contributed by atoms with Gasteiger partial charge in [0.15, 0.2) is 0 Å². The van der Waals surface area contributed by atoms with Gasteiger partial charge in [-0.3, -0.25) is 4.98 Å². The second-order valence-electron chi connectivity index (χ2n) is 4.10. The van der Waals surface area contributed by atoms with E-state index in [2.05, 4.69) is 17.2 Å². The number of rotatable bonds is 3. The molecule has 1 aromatic heterocycles. The molecule has 2 unspecified atom stereocenters.